The summed E-state index contributed by atoms with van der Waals surface area (Å²) in [5.41, 5.74) is 1.47. The summed E-state index contributed by atoms with van der Waals surface area (Å²) in [6.45, 7) is 4.98. The summed E-state index contributed by atoms with van der Waals surface area (Å²) in [5.74, 6) is 0.996. The lowest BCUT2D eigenvalue weighted by Gasteiger charge is -2.15. The Kier molecular flexibility index (Phi) is 7.33. The van der Waals surface area contributed by atoms with Crippen LogP contribution in [-0.4, -0.2) is 35.5 Å². The van der Waals surface area contributed by atoms with Crippen molar-refractivity contribution in [2.75, 3.05) is 23.9 Å². The number of hydrogen-bond acceptors (Lipinski definition) is 4. The van der Waals surface area contributed by atoms with Gasteiger partial charge in [0.25, 0.3) is 5.91 Å². The van der Waals surface area contributed by atoms with Gasteiger partial charge >= 0.3 is 0 Å². The van der Waals surface area contributed by atoms with Crippen molar-refractivity contribution in [1.82, 2.24) is 10.3 Å². The Bertz CT molecular complexity index is 398. The second-order valence-electron chi connectivity index (χ2n) is 4.50. The molecule has 1 heterocycles. The van der Waals surface area contributed by atoms with E-state index in [4.69, 9.17) is 0 Å². The number of thioether (sulfide) groups is 1. The van der Waals surface area contributed by atoms with Gasteiger partial charge in [0.1, 0.15) is 0 Å². The van der Waals surface area contributed by atoms with Crippen LogP contribution < -0.4 is 10.6 Å². The number of hydrogen-bond donors (Lipinski definition) is 2. The summed E-state index contributed by atoms with van der Waals surface area (Å²) in [5, 5.41) is 6.27. The second kappa shape index (κ2) is 8.80. The minimum atomic E-state index is -0.0553. The summed E-state index contributed by atoms with van der Waals surface area (Å²) >= 11 is 1.79. The number of carbonyl (C=O) groups excluding carboxylic acids is 1. The largest absolute Gasteiger partial charge is 0.384 e. The molecule has 0 bridgehead atoms. The minimum Gasteiger partial charge on any atom is -0.384 e. The van der Waals surface area contributed by atoms with Crippen molar-refractivity contribution in [3.05, 3.63) is 24.0 Å². The van der Waals surface area contributed by atoms with Gasteiger partial charge in [0, 0.05) is 25.0 Å². The van der Waals surface area contributed by atoms with Gasteiger partial charge in [0.05, 0.1) is 11.3 Å². The first-order chi connectivity index (χ1) is 9.19. The fourth-order valence-corrected chi connectivity index (χ4v) is 2.25. The lowest BCUT2D eigenvalue weighted by atomic mass is 10.2. The number of rotatable bonds is 8. The lowest BCUT2D eigenvalue weighted by Crippen LogP contribution is -2.33. The van der Waals surface area contributed by atoms with Crippen molar-refractivity contribution in [3.63, 3.8) is 0 Å². The molecule has 0 radical (unpaired) electrons. The van der Waals surface area contributed by atoms with Gasteiger partial charge in [0.2, 0.25) is 0 Å². The van der Waals surface area contributed by atoms with Crippen LogP contribution in [-0.2, 0) is 0 Å². The van der Waals surface area contributed by atoms with Gasteiger partial charge in [-0.1, -0.05) is 6.92 Å². The molecule has 5 heteroatoms. The first-order valence-corrected chi connectivity index (χ1v) is 8.06. The van der Waals surface area contributed by atoms with Crippen molar-refractivity contribution in [3.8, 4) is 0 Å². The predicted molar refractivity (Wildman–Crippen MR) is 82.9 cm³/mol. The molecule has 1 atom stereocenters. The number of amides is 1. The Morgan fingerprint density at radius 3 is 3.00 bits per heavy atom. The third kappa shape index (κ3) is 5.51. The Balaban J connectivity index is 2.65. The average molecular weight is 281 g/mol. The lowest BCUT2D eigenvalue weighted by molar-refractivity contribution is 0.0940. The average Bonchev–Trinajstić information content (AvgIpc) is 2.43. The molecule has 0 aliphatic rings. The number of pyridine rings is 1. The van der Waals surface area contributed by atoms with Crippen molar-refractivity contribution in [2.45, 2.75) is 32.7 Å². The van der Waals surface area contributed by atoms with Crippen LogP contribution in [0.2, 0.25) is 0 Å². The predicted octanol–water partition coefficient (Wildman–Crippen LogP) is 2.77. The minimum absolute atomic E-state index is 0.0553. The molecular weight excluding hydrogens is 258 g/mol. The highest BCUT2D eigenvalue weighted by Gasteiger charge is 2.13. The Hall–Kier alpha value is -1.23. The Morgan fingerprint density at radius 2 is 2.32 bits per heavy atom. The quantitative estimate of drug-likeness (QED) is 0.769. The summed E-state index contributed by atoms with van der Waals surface area (Å²) in [6, 6.07) is 2.02. The zero-order chi connectivity index (χ0) is 14.1. The first kappa shape index (κ1) is 15.8. The van der Waals surface area contributed by atoms with E-state index in [1.165, 1.54) is 0 Å². The van der Waals surface area contributed by atoms with Gasteiger partial charge in [-0.15, -0.1) is 0 Å². The third-order valence-electron chi connectivity index (χ3n) is 2.76. The maximum Gasteiger partial charge on any atom is 0.255 e. The number of anilines is 1. The number of carbonyl (C=O) groups is 1. The zero-order valence-electron chi connectivity index (χ0n) is 11.9. The van der Waals surface area contributed by atoms with E-state index < -0.39 is 0 Å². The van der Waals surface area contributed by atoms with E-state index in [1.807, 2.05) is 13.0 Å². The van der Waals surface area contributed by atoms with Crippen LogP contribution in [0.15, 0.2) is 18.5 Å². The molecule has 2 N–H and O–H groups in total. The fraction of sp³-hybridized carbons (Fsp3) is 0.571. The molecule has 106 valence electrons. The number of aromatic nitrogens is 1. The van der Waals surface area contributed by atoms with Gasteiger partial charge < -0.3 is 10.6 Å². The van der Waals surface area contributed by atoms with E-state index in [2.05, 4.69) is 28.8 Å². The van der Waals surface area contributed by atoms with Crippen LogP contribution >= 0.6 is 11.8 Å². The molecule has 0 aliphatic heterocycles. The maximum absolute atomic E-state index is 12.2. The third-order valence-corrected chi connectivity index (χ3v) is 3.41. The molecular formula is C14H23N3OS. The molecule has 1 rings (SSSR count). The van der Waals surface area contributed by atoms with Gasteiger partial charge in [-0.2, -0.15) is 11.8 Å². The Labute approximate surface area is 119 Å². The van der Waals surface area contributed by atoms with E-state index in [0.717, 1.165) is 30.8 Å². The van der Waals surface area contributed by atoms with Crippen molar-refractivity contribution in [1.29, 1.82) is 0 Å². The van der Waals surface area contributed by atoms with Crippen LogP contribution in [0.3, 0.4) is 0 Å². The molecule has 1 aromatic rings. The SMILES string of the molecule is CCCNc1ccncc1C(=O)NC(C)CCSC. The summed E-state index contributed by atoms with van der Waals surface area (Å²) in [7, 11) is 0. The van der Waals surface area contributed by atoms with E-state index >= 15 is 0 Å². The molecule has 0 saturated heterocycles. The zero-order valence-corrected chi connectivity index (χ0v) is 12.7. The van der Waals surface area contributed by atoms with Crippen molar-refractivity contribution >= 4 is 23.4 Å². The normalized spacial score (nSPS) is 11.9. The van der Waals surface area contributed by atoms with Crippen molar-refractivity contribution < 1.29 is 4.79 Å². The molecule has 0 spiro atoms. The number of nitrogens with zero attached hydrogens (tertiary/aromatic N) is 1. The molecule has 0 saturated carbocycles. The summed E-state index contributed by atoms with van der Waals surface area (Å²) < 4.78 is 0. The first-order valence-electron chi connectivity index (χ1n) is 6.66. The van der Waals surface area contributed by atoms with Crippen LogP contribution in [0.25, 0.3) is 0 Å². The van der Waals surface area contributed by atoms with E-state index in [1.54, 1.807) is 24.2 Å². The highest BCUT2D eigenvalue weighted by Crippen LogP contribution is 2.14. The van der Waals surface area contributed by atoms with Gasteiger partial charge in [-0.05, 0) is 37.8 Å². The monoisotopic (exact) mass is 281 g/mol. The molecule has 0 aromatic carbocycles. The molecule has 19 heavy (non-hydrogen) atoms. The summed E-state index contributed by atoms with van der Waals surface area (Å²) in [6.07, 6.45) is 7.39. The summed E-state index contributed by atoms with van der Waals surface area (Å²) in [4.78, 5) is 16.2. The van der Waals surface area contributed by atoms with E-state index in [-0.39, 0.29) is 11.9 Å². The smallest absolute Gasteiger partial charge is 0.255 e. The molecule has 1 unspecified atom stereocenters. The maximum atomic E-state index is 12.2. The van der Waals surface area contributed by atoms with Crippen LogP contribution in [0, 0.1) is 0 Å². The highest BCUT2D eigenvalue weighted by molar-refractivity contribution is 7.98. The van der Waals surface area contributed by atoms with E-state index in [0.29, 0.717) is 5.56 Å². The molecule has 0 aliphatic carbocycles. The number of nitrogens with one attached hydrogen (secondary N) is 2. The van der Waals surface area contributed by atoms with Gasteiger partial charge in [-0.25, -0.2) is 0 Å². The topological polar surface area (TPSA) is 54.0 Å². The van der Waals surface area contributed by atoms with Crippen molar-refractivity contribution in [2.24, 2.45) is 0 Å². The van der Waals surface area contributed by atoms with Crippen LogP contribution in [0.4, 0.5) is 5.69 Å². The molecule has 1 amide bonds. The van der Waals surface area contributed by atoms with Crippen LogP contribution in [0.5, 0.6) is 0 Å². The molecule has 0 fully saturated rings. The fourth-order valence-electron chi connectivity index (χ4n) is 1.66. The second-order valence-corrected chi connectivity index (χ2v) is 5.49. The van der Waals surface area contributed by atoms with Gasteiger partial charge in [0.15, 0.2) is 0 Å². The molecule has 1 aromatic heterocycles. The molecule has 4 nitrogen and oxygen atoms in total. The Morgan fingerprint density at radius 1 is 1.53 bits per heavy atom. The van der Waals surface area contributed by atoms with E-state index in [9.17, 15) is 4.79 Å². The van der Waals surface area contributed by atoms with Crippen LogP contribution in [0.1, 0.15) is 37.0 Å². The highest BCUT2D eigenvalue weighted by atomic mass is 32.2. The van der Waals surface area contributed by atoms with Gasteiger partial charge in [-0.3, -0.25) is 9.78 Å². The standard InChI is InChI=1S/C14H23N3OS/c1-4-7-16-13-5-8-15-10-12(13)14(18)17-11(2)6-9-19-3/h5,8,10-11H,4,6-7,9H2,1-3H3,(H,15,16)(H,17,18).